The Balaban J connectivity index is 1.87. The molecule has 2 aromatic heterocycles. The smallest absolute Gasteiger partial charge is 0.248 e. The lowest BCUT2D eigenvalue weighted by Gasteiger charge is -2.02. The minimum absolute atomic E-state index is 0.455. The van der Waals surface area contributed by atoms with Crippen LogP contribution in [0.5, 0.6) is 0 Å². The number of imidazole rings is 1. The number of rotatable bonds is 3. The lowest BCUT2D eigenvalue weighted by atomic mass is 10.0. The van der Waals surface area contributed by atoms with E-state index >= 15 is 0 Å². The molecule has 2 heterocycles. The van der Waals surface area contributed by atoms with Crippen molar-refractivity contribution in [3.05, 3.63) is 60.4 Å². The largest absolute Gasteiger partial charge is 0.366 e. The fourth-order valence-electron chi connectivity index (χ4n) is 2.62. The average Bonchev–Trinajstić information content (AvgIpc) is 3.24. The summed E-state index contributed by atoms with van der Waals surface area (Å²) in [5, 5.41) is 8.22. The van der Waals surface area contributed by atoms with Gasteiger partial charge in [-0.3, -0.25) is 9.89 Å². The molecule has 6 heteroatoms. The first-order valence-electron chi connectivity index (χ1n) is 7.10. The third kappa shape index (κ3) is 2.26. The maximum Gasteiger partial charge on any atom is 0.248 e. The summed E-state index contributed by atoms with van der Waals surface area (Å²) in [7, 11) is 0. The predicted molar refractivity (Wildman–Crippen MR) is 87.6 cm³/mol. The van der Waals surface area contributed by atoms with Crippen LogP contribution in [0, 0.1) is 0 Å². The van der Waals surface area contributed by atoms with Crippen molar-refractivity contribution >= 4 is 16.8 Å². The number of carbonyl (C=O) groups excluding carboxylic acids is 1. The lowest BCUT2D eigenvalue weighted by Crippen LogP contribution is -2.10. The van der Waals surface area contributed by atoms with Gasteiger partial charge in [0, 0.05) is 34.5 Å². The Morgan fingerprint density at radius 3 is 2.74 bits per heavy atom. The summed E-state index contributed by atoms with van der Waals surface area (Å²) in [6.45, 7) is 0. The number of amides is 1. The van der Waals surface area contributed by atoms with Gasteiger partial charge in [-0.1, -0.05) is 18.2 Å². The Morgan fingerprint density at radius 2 is 1.96 bits per heavy atom. The van der Waals surface area contributed by atoms with Crippen LogP contribution in [0.1, 0.15) is 10.4 Å². The second-order valence-electron chi connectivity index (χ2n) is 5.22. The molecule has 4 rings (SSSR count). The molecule has 6 nitrogen and oxygen atoms in total. The highest BCUT2D eigenvalue weighted by atomic mass is 16.1. The van der Waals surface area contributed by atoms with Crippen LogP contribution in [0.15, 0.2) is 54.9 Å². The topological polar surface area (TPSA) is 100 Å². The van der Waals surface area contributed by atoms with E-state index in [0.717, 1.165) is 33.5 Å². The van der Waals surface area contributed by atoms with E-state index in [0.29, 0.717) is 5.56 Å². The maximum atomic E-state index is 11.4. The second kappa shape index (κ2) is 5.10. The fraction of sp³-hybridized carbons (Fsp3) is 0. The predicted octanol–water partition coefficient (Wildman–Crippen LogP) is 2.72. The molecule has 1 amide bonds. The highest BCUT2D eigenvalue weighted by molar-refractivity contribution is 6.01. The first-order valence-corrected chi connectivity index (χ1v) is 7.10. The molecule has 0 unspecified atom stereocenters. The first-order chi connectivity index (χ1) is 11.2. The van der Waals surface area contributed by atoms with Crippen LogP contribution in [-0.4, -0.2) is 26.1 Å². The van der Waals surface area contributed by atoms with Gasteiger partial charge < -0.3 is 10.7 Å². The van der Waals surface area contributed by atoms with Gasteiger partial charge >= 0.3 is 0 Å². The lowest BCUT2D eigenvalue weighted by molar-refractivity contribution is 0.100. The molecule has 0 saturated heterocycles. The summed E-state index contributed by atoms with van der Waals surface area (Å²) < 4.78 is 0. The molecule has 23 heavy (non-hydrogen) atoms. The SMILES string of the molecule is NC(=O)c1ccc2[nH]nc(-c3cccc(-c4ncc[nH]4)c3)c2c1. The highest BCUT2D eigenvalue weighted by Crippen LogP contribution is 2.29. The van der Waals surface area contributed by atoms with Crippen LogP contribution in [0.4, 0.5) is 0 Å². The number of aromatic nitrogens is 4. The zero-order valence-electron chi connectivity index (χ0n) is 12.1. The summed E-state index contributed by atoms with van der Waals surface area (Å²) in [5.74, 6) is 0.341. The molecule has 0 aliphatic heterocycles. The minimum Gasteiger partial charge on any atom is -0.366 e. The van der Waals surface area contributed by atoms with Crippen molar-refractivity contribution < 1.29 is 4.79 Å². The third-order valence-electron chi connectivity index (χ3n) is 3.76. The van der Waals surface area contributed by atoms with Crippen LogP contribution in [-0.2, 0) is 0 Å². The Morgan fingerprint density at radius 1 is 1.09 bits per heavy atom. The molecule has 0 bridgehead atoms. The van der Waals surface area contributed by atoms with Crippen molar-refractivity contribution in [2.45, 2.75) is 0 Å². The number of aromatic amines is 2. The second-order valence-corrected chi connectivity index (χ2v) is 5.22. The molecule has 0 aliphatic rings. The van der Waals surface area contributed by atoms with Gasteiger partial charge in [-0.05, 0) is 24.3 Å². The zero-order chi connectivity index (χ0) is 15.8. The third-order valence-corrected chi connectivity index (χ3v) is 3.76. The number of hydrogen-bond acceptors (Lipinski definition) is 3. The van der Waals surface area contributed by atoms with Crippen LogP contribution >= 0.6 is 0 Å². The number of primary amides is 1. The number of nitrogens with zero attached hydrogens (tertiary/aromatic N) is 2. The van der Waals surface area contributed by atoms with Crippen LogP contribution in [0.3, 0.4) is 0 Å². The molecule has 0 atom stereocenters. The molecule has 0 saturated carbocycles. The standard InChI is InChI=1S/C17H13N5O/c18-16(23)11-4-5-14-13(9-11)15(22-21-14)10-2-1-3-12(8-10)17-19-6-7-20-17/h1-9H,(H2,18,23)(H,19,20)(H,21,22). The number of benzene rings is 2. The van der Waals surface area contributed by atoms with Crippen molar-refractivity contribution in [2.24, 2.45) is 5.73 Å². The molecule has 4 aromatic rings. The number of hydrogen-bond donors (Lipinski definition) is 3. The number of carbonyl (C=O) groups is 1. The van der Waals surface area contributed by atoms with Gasteiger partial charge in [0.05, 0.1) is 11.2 Å². The fourth-order valence-corrected chi connectivity index (χ4v) is 2.62. The van der Waals surface area contributed by atoms with Crippen molar-refractivity contribution in [2.75, 3.05) is 0 Å². The van der Waals surface area contributed by atoms with Crippen LogP contribution in [0.2, 0.25) is 0 Å². The van der Waals surface area contributed by atoms with Crippen molar-refractivity contribution in [1.82, 2.24) is 20.2 Å². The van der Waals surface area contributed by atoms with E-state index in [4.69, 9.17) is 5.73 Å². The Bertz CT molecular complexity index is 1000. The molecule has 0 radical (unpaired) electrons. The molecular weight excluding hydrogens is 290 g/mol. The van der Waals surface area contributed by atoms with E-state index in [-0.39, 0.29) is 0 Å². The minimum atomic E-state index is -0.455. The molecule has 112 valence electrons. The first kappa shape index (κ1) is 13.3. The Kier molecular flexibility index (Phi) is 2.94. The normalized spacial score (nSPS) is 11.0. The van der Waals surface area contributed by atoms with Gasteiger partial charge in [0.1, 0.15) is 5.82 Å². The molecule has 2 aromatic carbocycles. The quantitative estimate of drug-likeness (QED) is 0.542. The number of H-pyrrole nitrogens is 2. The van der Waals surface area contributed by atoms with Gasteiger partial charge in [-0.2, -0.15) is 5.10 Å². The Labute approximate surface area is 131 Å². The van der Waals surface area contributed by atoms with Crippen molar-refractivity contribution in [3.8, 4) is 22.6 Å². The molecule has 0 spiro atoms. The molecule has 0 fully saturated rings. The summed E-state index contributed by atoms with van der Waals surface area (Å²) in [6, 6.07) is 13.2. The molecule has 0 aliphatic carbocycles. The van der Waals surface area contributed by atoms with Gasteiger partial charge in [-0.25, -0.2) is 4.98 Å². The number of nitrogens with one attached hydrogen (secondary N) is 2. The average molecular weight is 303 g/mol. The van der Waals surface area contributed by atoms with E-state index in [1.165, 1.54) is 0 Å². The van der Waals surface area contributed by atoms with Gasteiger partial charge in [0.15, 0.2) is 0 Å². The van der Waals surface area contributed by atoms with E-state index in [2.05, 4.69) is 20.2 Å². The molecule has 4 N–H and O–H groups in total. The summed E-state index contributed by atoms with van der Waals surface area (Å²) in [5.41, 5.74) is 9.36. The Hall–Kier alpha value is -3.41. The number of nitrogens with two attached hydrogens (primary N) is 1. The van der Waals surface area contributed by atoms with Gasteiger partial charge in [0.25, 0.3) is 0 Å². The maximum absolute atomic E-state index is 11.4. The summed E-state index contributed by atoms with van der Waals surface area (Å²) in [6.07, 6.45) is 3.50. The van der Waals surface area contributed by atoms with Crippen LogP contribution in [0.25, 0.3) is 33.5 Å². The van der Waals surface area contributed by atoms with E-state index in [1.807, 2.05) is 30.3 Å². The van der Waals surface area contributed by atoms with Gasteiger partial charge in [-0.15, -0.1) is 0 Å². The van der Waals surface area contributed by atoms with E-state index in [1.54, 1.807) is 24.5 Å². The molecular formula is C17H13N5O. The van der Waals surface area contributed by atoms with Crippen molar-refractivity contribution in [3.63, 3.8) is 0 Å². The summed E-state index contributed by atoms with van der Waals surface area (Å²) in [4.78, 5) is 18.8. The highest BCUT2D eigenvalue weighted by Gasteiger charge is 2.12. The summed E-state index contributed by atoms with van der Waals surface area (Å²) >= 11 is 0. The zero-order valence-corrected chi connectivity index (χ0v) is 12.1. The van der Waals surface area contributed by atoms with E-state index in [9.17, 15) is 4.79 Å². The van der Waals surface area contributed by atoms with E-state index < -0.39 is 5.91 Å². The van der Waals surface area contributed by atoms with Crippen LogP contribution < -0.4 is 5.73 Å². The van der Waals surface area contributed by atoms with Crippen molar-refractivity contribution in [1.29, 1.82) is 0 Å². The van der Waals surface area contributed by atoms with Gasteiger partial charge in [0.2, 0.25) is 5.91 Å². The monoisotopic (exact) mass is 303 g/mol. The number of fused-ring (bicyclic) bond motifs is 1.